The van der Waals surface area contributed by atoms with Gasteiger partial charge in [-0.05, 0) is 24.5 Å². The molecule has 1 fully saturated rings. The fourth-order valence-electron chi connectivity index (χ4n) is 2.42. The number of aliphatic hydroxyl groups excluding tert-OH is 2. The first-order valence-corrected chi connectivity index (χ1v) is 7.84. The second-order valence-corrected chi connectivity index (χ2v) is 6.02. The number of nitrogens with two attached hydrogens (primary N) is 1. The molecule has 0 amide bonds. The standard InChI is InChI=1S/C12H14ClNO.C4H6O6/c13-10-6-2-1-5-9(10)12(14)8-4-3-7-11(12)15;5-1(3(7)8)2(6)4(9)10/h1-2,5-6H,3-4,7-8,14H2;1-2,5-6H,(H,7,8)(H,9,10)/p-2/t12-;/m0./s1. The molecular weight excluding hydrogens is 354 g/mol. The zero-order valence-corrected chi connectivity index (χ0v) is 13.9. The van der Waals surface area contributed by atoms with Gasteiger partial charge in [0.1, 0.15) is 17.7 Å². The highest BCUT2D eigenvalue weighted by Gasteiger charge is 2.38. The molecule has 1 aromatic rings. The molecule has 2 unspecified atom stereocenters. The van der Waals surface area contributed by atoms with Gasteiger partial charge < -0.3 is 35.7 Å². The maximum atomic E-state index is 11.9. The fraction of sp³-hybridized carbons (Fsp3) is 0.438. The molecule has 25 heavy (non-hydrogen) atoms. The number of Topliss-reactive ketones (excluding diaryl/α,β-unsaturated/α-hetero) is 1. The summed E-state index contributed by atoms with van der Waals surface area (Å²) in [6.07, 6.45) is -1.66. The van der Waals surface area contributed by atoms with Crippen molar-refractivity contribution in [3.63, 3.8) is 0 Å². The van der Waals surface area contributed by atoms with Crippen molar-refractivity contribution in [3.05, 3.63) is 34.9 Å². The van der Waals surface area contributed by atoms with Crippen LogP contribution in [0.1, 0.15) is 31.2 Å². The van der Waals surface area contributed by atoms with E-state index in [0.29, 0.717) is 17.9 Å². The number of hydrogen-bond donors (Lipinski definition) is 3. The van der Waals surface area contributed by atoms with E-state index in [4.69, 9.17) is 27.5 Å². The molecule has 0 heterocycles. The molecule has 4 N–H and O–H groups in total. The van der Waals surface area contributed by atoms with Gasteiger partial charge in [-0.15, -0.1) is 0 Å². The Kier molecular flexibility index (Phi) is 7.50. The Balaban J connectivity index is 0.000000275. The molecule has 1 aliphatic rings. The summed E-state index contributed by atoms with van der Waals surface area (Å²) < 4.78 is 0. The summed E-state index contributed by atoms with van der Waals surface area (Å²) in [7, 11) is 0. The van der Waals surface area contributed by atoms with E-state index in [2.05, 4.69) is 0 Å². The van der Waals surface area contributed by atoms with E-state index in [-0.39, 0.29) is 5.78 Å². The Hall–Kier alpha value is -2.00. The fourth-order valence-corrected chi connectivity index (χ4v) is 2.72. The van der Waals surface area contributed by atoms with Gasteiger partial charge >= 0.3 is 0 Å². The normalized spacial score (nSPS) is 22.3. The van der Waals surface area contributed by atoms with Crippen LogP contribution in [0.5, 0.6) is 0 Å². The lowest BCUT2D eigenvalue weighted by molar-refractivity contribution is -0.333. The van der Waals surface area contributed by atoms with E-state index in [9.17, 15) is 24.6 Å². The van der Waals surface area contributed by atoms with Gasteiger partial charge in [0.2, 0.25) is 0 Å². The molecular formula is C16H18ClNO7-2. The first-order chi connectivity index (χ1) is 11.6. The van der Waals surface area contributed by atoms with Gasteiger partial charge in [-0.3, -0.25) is 4.79 Å². The van der Waals surface area contributed by atoms with Crippen molar-refractivity contribution in [2.24, 2.45) is 5.73 Å². The van der Waals surface area contributed by atoms with Crippen molar-refractivity contribution in [2.75, 3.05) is 0 Å². The summed E-state index contributed by atoms with van der Waals surface area (Å²) in [5.74, 6) is -4.00. The van der Waals surface area contributed by atoms with Crippen molar-refractivity contribution in [1.82, 2.24) is 0 Å². The largest absolute Gasteiger partial charge is 0.547 e. The highest BCUT2D eigenvalue weighted by atomic mass is 35.5. The van der Waals surface area contributed by atoms with Crippen LogP contribution in [0, 0.1) is 0 Å². The van der Waals surface area contributed by atoms with Crippen LogP contribution in [-0.2, 0) is 19.9 Å². The third kappa shape index (κ3) is 5.23. The molecule has 1 aromatic carbocycles. The second-order valence-electron chi connectivity index (χ2n) is 5.61. The lowest BCUT2D eigenvalue weighted by Gasteiger charge is -2.32. The van der Waals surface area contributed by atoms with Gasteiger partial charge in [-0.1, -0.05) is 36.2 Å². The van der Waals surface area contributed by atoms with Crippen LogP contribution in [0.4, 0.5) is 0 Å². The summed E-state index contributed by atoms with van der Waals surface area (Å²) in [6.45, 7) is 0. The molecule has 0 aromatic heterocycles. The highest BCUT2D eigenvalue weighted by Crippen LogP contribution is 2.35. The summed E-state index contributed by atoms with van der Waals surface area (Å²) >= 11 is 6.08. The molecule has 0 spiro atoms. The first kappa shape index (κ1) is 21.0. The van der Waals surface area contributed by atoms with Crippen LogP contribution in [0.25, 0.3) is 0 Å². The Labute approximate surface area is 148 Å². The quantitative estimate of drug-likeness (QED) is 0.538. The number of aliphatic hydroxyl groups is 2. The van der Waals surface area contributed by atoms with Gasteiger partial charge in [0.05, 0.1) is 11.9 Å². The Morgan fingerprint density at radius 2 is 1.64 bits per heavy atom. The molecule has 0 saturated heterocycles. The highest BCUT2D eigenvalue weighted by molar-refractivity contribution is 6.31. The lowest BCUT2D eigenvalue weighted by Crippen LogP contribution is -2.51. The van der Waals surface area contributed by atoms with Crippen LogP contribution < -0.4 is 15.9 Å². The number of halogens is 1. The summed E-state index contributed by atoms with van der Waals surface area (Å²) in [5, 5.41) is 36.3. The zero-order chi connectivity index (χ0) is 19.2. The molecule has 1 aliphatic carbocycles. The Bertz CT molecular complexity index is 633. The molecule has 138 valence electrons. The first-order valence-electron chi connectivity index (χ1n) is 7.46. The Morgan fingerprint density at radius 3 is 2.08 bits per heavy atom. The van der Waals surface area contributed by atoms with E-state index in [1.165, 1.54) is 0 Å². The van der Waals surface area contributed by atoms with Crippen LogP contribution in [0.15, 0.2) is 24.3 Å². The summed E-state index contributed by atoms with van der Waals surface area (Å²) in [5.41, 5.74) is 6.11. The molecule has 2 rings (SSSR count). The van der Waals surface area contributed by atoms with E-state index in [0.717, 1.165) is 18.4 Å². The lowest BCUT2D eigenvalue weighted by atomic mass is 9.76. The minimum absolute atomic E-state index is 0.113. The maximum Gasteiger partial charge on any atom is 0.157 e. The third-order valence-electron chi connectivity index (χ3n) is 3.86. The number of carbonyl (C=O) groups excluding carboxylic acids is 3. The van der Waals surface area contributed by atoms with E-state index in [1.807, 2.05) is 18.2 Å². The van der Waals surface area contributed by atoms with Crippen LogP contribution in [-0.4, -0.2) is 40.1 Å². The molecule has 8 nitrogen and oxygen atoms in total. The molecule has 9 heteroatoms. The number of rotatable bonds is 4. The van der Waals surface area contributed by atoms with E-state index < -0.39 is 29.7 Å². The van der Waals surface area contributed by atoms with Gasteiger partial charge in [0.25, 0.3) is 0 Å². The van der Waals surface area contributed by atoms with Gasteiger partial charge in [-0.2, -0.15) is 0 Å². The minimum atomic E-state index is -2.44. The van der Waals surface area contributed by atoms with E-state index >= 15 is 0 Å². The molecule has 0 radical (unpaired) electrons. The van der Waals surface area contributed by atoms with Crippen molar-refractivity contribution >= 4 is 29.3 Å². The summed E-state index contributed by atoms with van der Waals surface area (Å²) in [4.78, 5) is 31.2. The van der Waals surface area contributed by atoms with Crippen LogP contribution in [0.2, 0.25) is 5.02 Å². The average molecular weight is 372 g/mol. The van der Waals surface area contributed by atoms with Crippen molar-refractivity contribution in [3.8, 4) is 0 Å². The smallest absolute Gasteiger partial charge is 0.157 e. The summed E-state index contributed by atoms with van der Waals surface area (Å²) in [6, 6.07) is 7.36. The maximum absolute atomic E-state index is 11.9. The monoisotopic (exact) mass is 371 g/mol. The minimum Gasteiger partial charge on any atom is -0.547 e. The topological polar surface area (TPSA) is 164 Å². The van der Waals surface area contributed by atoms with Gasteiger partial charge in [0, 0.05) is 11.4 Å². The number of ketones is 1. The number of carboxylic acid groups (broad SMARTS) is 2. The van der Waals surface area contributed by atoms with Gasteiger partial charge in [0.15, 0.2) is 5.78 Å². The van der Waals surface area contributed by atoms with Crippen molar-refractivity contribution in [2.45, 2.75) is 43.4 Å². The number of carbonyl (C=O) groups is 3. The zero-order valence-electron chi connectivity index (χ0n) is 13.2. The van der Waals surface area contributed by atoms with Crippen LogP contribution >= 0.6 is 11.6 Å². The molecule has 0 aliphatic heterocycles. The number of benzene rings is 1. The van der Waals surface area contributed by atoms with E-state index in [1.54, 1.807) is 6.07 Å². The molecule has 1 saturated carbocycles. The van der Waals surface area contributed by atoms with Crippen molar-refractivity contribution < 1.29 is 34.8 Å². The number of hydrogen-bond acceptors (Lipinski definition) is 8. The number of aliphatic carboxylic acids is 2. The molecule has 3 atom stereocenters. The predicted octanol–water partition coefficient (Wildman–Crippen LogP) is -2.15. The van der Waals surface area contributed by atoms with Gasteiger partial charge in [-0.25, -0.2) is 0 Å². The average Bonchev–Trinajstić information content (AvgIpc) is 2.57. The SMILES string of the molecule is N[C@]1(c2ccccc2Cl)CCCCC1=O.O=C([O-])C(O)C(O)C(=O)[O-]. The predicted molar refractivity (Wildman–Crippen MR) is 82.8 cm³/mol. The molecule has 0 bridgehead atoms. The Morgan fingerprint density at radius 1 is 1.12 bits per heavy atom. The van der Waals surface area contributed by atoms with Crippen molar-refractivity contribution in [1.29, 1.82) is 0 Å². The van der Waals surface area contributed by atoms with Crippen LogP contribution in [0.3, 0.4) is 0 Å². The number of carboxylic acids is 2. The third-order valence-corrected chi connectivity index (χ3v) is 4.19. The second kappa shape index (κ2) is 8.91.